The highest BCUT2D eigenvalue weighted by Gasteiger charge is 2.09. The summed E-state index contributed by atoms with van der Waals surface area (Å²) < 4.78 is 1.56. The number of aryl methyl sites for hydroxylation is 1. The number of hydrogen-bond donors (Lipinski definition) is 0. The Bertz CT molecular complexity index is 733. The summed E-state index contributed by atoms with van der Waals surface area (Å²) in [6, 6.07) is 7.30. The maximum atomic E-state index is 12.2. The van der Waals surface area contributed by atoms with Gasteiger partial charge in [-0.15, -0.1) is 0 Å². The molecular weight excluding hydrogens is 266 g/mol. The van der Waals surface area contributed by atoms with Crippen molar-refractivity contribution in [3.8, 4) is 0 Å². The summed E-state index contributed by atoms with van der Waals surface area (Å²) in [5.41, 5.74) is 2.86. The van der Waals surface area contributed by atoms with Gasteiger partial charge in [-0.05, 0) is 31.5 Å². The van der Waals surface area contributed by atoms with E-state index in [-0.39, 0.29) is 11.5 Å². The van der Waals surface area contributed by atoms with Crippen LogP contribution in [0.4, 0.5) is 0 Å². The standard InChI is InChI=1S/C16H19N3O2/c1-11-12(2)17-10-19(15(11)20)9-13-6-5-7-14(8-13)16(21)18(3)4/h5-8,10H,9H2,1-4H3. The van der Waals surface area contributed by atoms with Gasteiger partial charge in [0.15, 0.2) is 0 Å². The molecule has 110 valence electrons. The molecule has 0 saturated carbocycles. The third kappa shape index (κ3) is 3.18. The lowest BCUT2D eigenvalue weighted by molar-refractivity contribution is 0.0827. The summed E-state index contributed by atoms with van der Waals surface area (Å²) in [6.45, 7) is 3.99. The molecule has 0 aliphatic heterocycles. The second-order valence-electron chi connectivity index (χ2n) is 5.29. The Balaban J connectivity index is 2.33. The van der Waals surface area contributed by atoms with Crippen LogP contribution in [0.2, 0.25) is 0 Å². The lowest BCUT2D eigenvalue weighted by Gasteiger charge is -2.12. The van der Waals surface area contributed by atoms with Gasteiger partial charge in [0.05, 0.1) is 12.9 Å². The molecule has 0 bridgehead atoms. The number of benzene rings is 1. The van der Waals surface area contributed by atoms with Crippen LogP contribution in [0.3, 0.4) is 0 Å². The van der Waals surface area contributed by atoms with E-state index in [0.29, 0.717) is 17.7 Å². The zero-order valence-electron chi connectivity index (χ0n) is 12.8. The van der Waals surface area contributed by atoms with Gasteiger partial charge in [-0.2, -0.15) is 0 Å². The molecule has 0 atom stereocenters. The molecule has 21 heavy (non-hydrogen) atoms. The molecule has 0 aliphatic rings. The third-order valence-corrected chi connectivity index (χ3v) is 3.45. The number of nitrogens with zero attached hydrogens (tertiary/aromatic N) is 3. The topological polar surface area (TPSA) is 55.2 Å². The van der Waals surface area contributed by atoms with Gasteiger partial charge in [0.2, 0.25) is 0 Å². The van der Waals surface area contributed by atoms with Crippen LogP contribution in [0.25, 0.3) is 0 Å². The van der Waals surface area contributed by atoms with Crippen molar-refractivity contribution in [1.29, 1.82) is 0 Å². The van der Waals surface area contributed by atoms with Crippen molar-refractivity contribution in [1.82, 2.24) is 14.5 Å². The Kier molecular flexibility index (Phi) is 4.21. The van der Waals surface area contributed by atoms with Gasteiger partial charge in [-0.3, -0.25) is 14.2 Å². The van der Waals surface area contributed by atoms with E-state index in [1.54, 1.807) is 38.0 Å². The number of rotatable bonds is 3. The molecule has 5 heteroatoms. The molecule has 0 fully saturated rings. The maximum absolute atomic E-state index is 12.2. The summed E-state index contributed by atoms with van der Waals surface area (Å²) in [5, 5.41) is 0. The molecular formula is C16H19N3O2. The highest BCUT2D eigenvalue weighted by Crippen LogP contribution is 2.08. The summed E-state index contributed by atoms with van der Waals surface area (Å²) in [6.07, 6.45) is 1.55. The smallest absolute Gasteiger partial charge is 0.256 e. The first-order chi connectivity index (χ1) is 9.90. The van der Waals surface area contributed by atoms with E-state index in [1.165, 1.54) is 4.90 Å². The third-order valence-electron chi connectivity index (χ3n) is 3.45. The van der Waals surface area contributed by atoms with Crippen LogP contribution in [0.1, 0.15) is 27.2 Å². The van der Waals surface area contributed by atoms with Gasteiger partial charge >= 0.3 is 0 Å². The van der Waals surface area contributed by atoms with Gasteiger partial charge in [0.1, 0.15) is 0 Å². The minimum Gasteiger partial charge on any atom is -0.345 e. The van der Waals surface area contributed by atoms with E-state index >= 15 is 0 Å². The molecule has 0 saturated heterocycles. The first-order valence-corrected chi connectivity index (χ1v) is 6.73. The fourth-order valence-electron chi connectivity index (χ4n) is 2.05. The Labute approximate surface area is 123 Å². The zero-order chi connectivity index (χ0) is 15.6. The van der Waals surface area contributed by atoms with Crippen molar-refractivity contribution in [3.63, 3.8) is 0 Å². The minimum absolute atomic E-state index is 0.0492. The molecule has 5 nitrogen and oxygen atoms in total. The molecule has 0 aliphatic carbocycles. The van der Waals surface area contributed by atoms with Crippen molar-refractivity contribution in [3.05, 3.63) is 63.3 Å². The van der Waals surface area contributed by atoms with Crippen molar-refractivity contribution >= 4 is 5.91 Å². The lowest BCUT2D eigenvalue weighted by atomic mass is 10.1. The maximum Gasteiger partial charge on any atom is 0.256 e. The van der Waals surface area contributed by atoms with E-state index in [0.717, 1.165) is 11.3 Å². The molecule has 0 unspecified atom stereocenters. The van der Waals surface area contributed by atoms with Crippen LogP contribution < -0.4 is 5.56 Å². The lowest BCUT2D eigenvalue weighted by Crippen LogP contribution is -2.25. The van der Waals surface area contributed by atoms with Gasteiger partial charge in [-0.25, -0.2) is 4.98 Å². The number of amides is 1. The van der Waals surface area contributed by atoms with Crippen LogP contribution >= 0.6 is 0 Å². The van der Waals surface area contributed by atoms with Gasteiger partial charge in [-0.1, -0.05) is 12.1 Å². The fraction of sp³-hybridized carbons (Fsp3) is 0.312. The van der Waals surface area contributed by atoms with Crippen LogP contribution in [-0.4, -0.2) is 34.5 Å². The predicted octanol–water partition coefficient (Wildman–Crippen LogP) is 1.61. The fourth-order valence-corrected chi connectivity index (χ4v) is 2.05. The molecule has 0 N–H and O–H groups in total. The molecule has 1 amide bonds. The average molecular weight is 285 g/mol. The molecule has 1 heterocycles. The van der Waals surface area contributed by atoms with Gasteiger partial charge in [0, 0.05) is 30.9 Å². The SMILES string of the molecule is Cc1ncn(Cc2cccc(C(=O)N(C)C)c2)c(=O)c1C. The van der Waals surface area contributed by atoms with E-state index in [1.807, 2.05) is 25.1 Å². The summed E-state index contributed by atoms with van der Waals surface area (Å²) in [7, 11) is 3.43. The minimum atomic E-state index is -0.0533. The Morgan fingerprint density at radius 2 is 2.00 bits per heavy atom. The van der Waals surface area contributed by atoms with Crippen LogP contribution in [0, 0.1) is 13.8 Å². The quantitative estimate of drug-likeness (QED) is 0.861. The molecule has 2 rings (SSSR count). The number of aromatic nitrogens is 2. The number of carbonyl (C=O) groups is 1. The average Bonchev–Trinajstić information content (AvgIpc) is 2.47. The Morgan fingerprint density at radius 3 is 2.67 bits per heavy atom. The summed E-state index contributed by atoms with van der Waals surface area (Å²) in [4.78, 5) is 29.9. The monoisotopic (exact) mass is 285 g/mol. The first kappa shape index (κ1) is 15.0. The highest BCUT2D eigenvalue weighted by molar-refractivity contribution is 5.94. The zero-order valence-corrected chi connectivity index (χ0v) is 12.8. The second kappa shape index (κ2) is 5.91. The molecule has 1 aromatic carbocycles. The Morgan fingerprint density at radius 1 is 1.29 bits per heavy atom. The van der Waals surface area contributed by atoms with Gasteiger partial charge in [0.25, 0.3) is 11.5 Å². The van der Waals surface area contributed by atoms with E-state index in [2.05, 4.69) is 4.98 Å². The van der Waals surface area contributed by atoms with Crippen molar-refractivity contribution < 1.29 is 4.79 Å². The number of hydrogen-bond acceptors (Lipinski definition) is 3. The first-order valence-electron chi connectivity index (χ1n) is 6.73. The summed E-state index contributed by atoms with van der Waals surface area (Å²) in [5.74, 6) is -0.0533. The van der Waals surface area contributed by atoms with Crippen LogP contribution in [-0.2, 0) is 6.54 Å². The largest absolute Gasteiger partial charge is 0.345 e. The predicted molar refractivity (Wildman–Crippen MR) is 81.5 cm³/mol. The van der Waals surface area contributed by atoms with E-state index in [4.69, 9.17) is 0 Å². The van der Waals surface area contributed by atoms with E-state index < -0.39 is 0 Å². The number of carbonyl (C=O) groups excluding carboxylic acids is 1. The van der Waals surface area contributed by atoms with Gasteiger partial charge < -0.3 is 4.90 Å². The highest BCUT2D eigenvalue weighted by atomic mass is 16.2. The molecule has 0 spiro atoms. The second-order valence-corrected chi connectivity index (χ2v) is 5.29. The van der Waals surface area contributed by atoms with Crippen molar-refractivity contribution in [2.45, 2.75) is 20.4 Å². The summed E-state index contributed by atoms with van der Waals surface area (Å²) >= 11 is 0. The van der Waals surface area contributed by atoms with Crippen molar-refractivity contribution in [2.24, 2.45) is 0 Å². The Hall–Kier alpha value is -2.43. The normalized spacial score (nSPS) is 10.5. The van der Waals surface area contributed by atoms with E-state index in [9.17, 15) is 9.59 Å². The van der Waals surface area contributed by atoms with Crippen molar-refractivity contribution in [2.75, 3.05) is 14.1 Å². The van der Waals surface area contributed by atoms with Crippen LogP contribution in [0.5, 0.6) is 0 Å². The molecule has 1 aromatic heterocycles. The molecule has 2 aromatic rings. The molecule has 0 radical (unpaired) electrons. The van der Waals surface area contributed by atoms with Crippen LogP contribution in [0.15, 0.2) is 35.4 Å².